The first-order chi connectivity index (χ1) is 10.8. The standard InChI is InChI=1S/C15H16BrF3N2O2/c16-11-3-1-2-10(8-11)9-13(22)20-12-4-6-21(7-5-12)14(23)15(17,18)19/h1-3,8,12H,4-7,9H2,(H,20,22). The zero-order valence-electron chi connectivity index (χ0n) is 12.2. The van der Waals surface area contributed by atoms with Crippen LogP contribution < -0.4 is 5.32 Å². The molecule has 1 aromatic carbocycles. The lowest BCUT2D eigenvalue weighted by atomic mass is 10.0. The van der Waals surface area contributed by atoms with Crippen LogP contribution in [0.2, 0.25) is 0 Å². The third-order valence-corrected chi connectivity index (χ3v) is 4.14. The monoisotopic (exact) mass is 392 g/mol. The van der Waals surface area contributed by atoms with Gasteiger partial charge in [0.05, 0.1) is 6.42 Å². The fourth-order valence-corrected chi connectivity index (χ4v) is 2.96. The van der Waals surface area contributed by atoms with Crippen molar-refractivity contribution >= 4 is 27.7 Å². The molecule has 4 nitrogen and oxygen atoms in total. The van der Waals surface area contributed by atoms with Crippen molar-refractivity contribution in [2.75, 3.05) is 13.1 Å². The van der Waals surface area contributed by atoms with Crippen molar-refractivity contribution in [3.63, 3.8) is 0 Å². The predicted molar refractivity (Wildman–Crippen MR) is 81.6 cm³/mol. The highest BCUT2D eigenvalue weighted by Crippen LogP contribution is 2.21. The van der Waals surface area contributed by atoms with Crippen LogP contribution in [0.25, 0.3) is 0 Å². The molecule has 1 aliphatic heterocycles. The molecule has 0 atom stereocenters. The SMILES string of the molecule is O=C(Cc1cccc(Br)c1)NC1CCN(C(=O)C(F)(F)F)CC1. The van der Waals surface area contributed by atoms with Gasteiger partial charge in [-0.1, -0.05) is 28.1 Å². The van der Waals surface area contributed by atoms with Gasteiger partial charge in [0, 0.05) is 23.6 Å². The highest BCUT2D eigenvalue weighted by molar-refractivity contribution is 9.10. The van der Waals surface area contributed by atoms with E-state index in [0.29, 0.717) is 12.8 Å². The molecule has 2 amide bonds. The molecule has 0 saturated carbocycles. The summed E-state index contributed by atoms with van der Waals surface area (Å²) < 4.78 is 37.9. The van der Waals surface area contributed by atoms with Gasteiger partial charge < -0.3 is 10.2 Å². The van der Waals surface area contributed by atoms with Crippen molar-refractivity contribution < 1.29 is 22.8 Å². The fraction of sp³-hybridized carbons (Fsp3) is 0.467. The van der Waals surface area contributed by atoms with Crippen LogP contribution in [0.4, 0.5) is 13.2 Å². The minimum absolute atomic E-state index is 0.000174. The maximum absolute atomic E-state index is 12.4. The number of nitrogens with one attached hydrogen (secondary N) is 1. The fourth-order valence-electron chi connectivity index (χ4n) is 2.52. The topological polar surface area (TPSA) is 49.4 Å². The zero-order chi connectivity index (χ0) is 17.0. The first kappa shape index (κ1) is 17.8. The molecule has 2 rings (SSSR count). The molecule has 8 heteroatoms. The zero-order valence-corrected chi connectivity index (χ0v) is 13.8. The Bertz CT molecular complexity index is 584. The van der Waals surface area contributed by atoms with Gasteiger partial charge in [0.25, 0.3) is 0 Å². The van der Waals surface area contributed by atoms with Crippen molar-refractivity contribution in [2.45, 2.75) is 31.5 Å². The van der Waals surface area contributed by atoms with E-state index in [1.165, 1.54) is 0 Å². The Kier molecular flexibility index (Phi) is 5.67. The van der Waals surface area contributed by atoms with E-state index in [-0.39, 0.29) is 31.5 Å². The molecule has 0 aromatic heterocycles. The molecule has 23 heavy (non-hydrogen) atoms. The Labute approximate surface area is 140 Å². The number of hydrogen-bond donors (Lipinski definition) is 1. The van der Waals surface area contributed by atoms with E-state index in [9.17, 15) is 22.8 Å². The molecule has 126 valence electrons. The van der Waals surface area contributed by atoms with E-state index in [0.717, 1.165) is 14.9 Å². The van der Waals surface area contributed by atoms with E-state index in [2.05, 4.69) is 21.2 Å². The van der Waals surface area contributed by atoms with Gasteiger partial charge in [-0.15, -0.1) is 0 Å². The number of likely N-dealkylation sites (tertiary alicyclic amines) is 1. The number of halogens is 4. The van der Waals surface area contributed by atoms with Gasteiger partial charge >= 0.3 is 12.1 Å². The molecule has 0 bridgehead atoms. The summed E-state index contributed by atoms with van der Waals surface area (Å²) in [6, 6.07) is 7.15. The number of alkyl halides is 3. The Morgan fingerprint density at radius 2 is 1.91 bits per heavy atom. The normalized spacial score (nSPS) is 16.3. The summed E-state index contributed by atoms with van der Waals surface area (Å²) >= 11 is 3.33. The van der Waals surface area contributed by atoms with Crippen LogP contribution in [0.3, 0.4) is 0 Å². The highest BCUT2D eigenvalue weighted by atomic mass is 79.9. The summed E-state index contributed by atoms with van der Waals surface area (Å²) in [5.74, 6) is -1.99. The molecule has 0 aliphatic carbocycles. The van der Waals surface area contributed by atoms with Crippen LogP contribution in [0.5, 0.6) is 0 Å². The van der Waals surface area contributed by atoms with Gasteiger partial charge in [-0.2, -0.15) is 13.2 Å². The summed E-state index contributed by atoms with van der Waals surface area (Å²) in [4.78, 5) is 23.9. The number of rotatable bonds is 3. The second kappa shape index (κ2) is 7.33. The number of benzene rings is 1. The average molecular weight is 393 g/mol. The number of nitrogens with zero attached hydrogens (tertiary/aromatic N) is 1. The number of carbonyl (C=O) groups is 2. The Balaban J connectivity index is 1.80. The average Bonchev–Trinajstić information content (AvgIpc) is 2.46. The summed E-state index contributed by atoms with van der Waals surface area (Å²) in [6.07, 6.45) is -3.98. The number of carbonyl (C=O) groups excluding carboxylic acids is 2. The van der Waals surface area contributed by atoms with Crippen molar-refractivity contribution in [1.29, 1.82) is 0 Å². The molecule has 1 N–H and O–H groups in total. The maximum atomic E-state index is 12.4. The van der Waals surface area contributed by atoms with E-state index >= 15 is 0 Å². The van der Waals surface area contributed by atoms with Gasteiger partial charge in [0.2, 0.25) is 5.91 Å². The summed E-state index contributed by atoms with van der Waals surface area (Å²) in [5.41, 5.74) is 0.849. The summed E-state index contributed by atoms with van der Waals surface area (Å²) in [5, 5.41) is 2.81. The molecule has 1 heterocycles. The lowest BCUT2D eigenvalue weighted by Gasteiger charge is -2.32. The van der Waals surface area contributed by atoms with Gasteiger partial charge in [-0.05, 0) is 30.5 Å². The van der Waals surface area contributed by atoms with Crippen molar-refractivity contribution in [1.82, 2.24) is 10.2 Å². The van der Waals surface area contributed by atoms with Crippen LogP contribution in [0.15, 0.2) is 28.7 Å². The quantitative estimate of drug-likeness (QED) is 0.859. The first-order valence-electron chi connectivity index (χ1n) is 7.15. The van der Waals surface area contributed by atoms with Crippen molar-refractivity contribution in [3.8, 4) is 0 Å². The molecule has 0 spiro atoms. The van der Waals surface area contributed by atoms with Crippen LogP contribution in [0, 0.1) is 0 Å². The maximum Gasteiger partial charge on any atom is 0.471 e. The van der Waals surface area contributed by atoms with Crippen molar-refractivity contribution in [3.05, 3.63) is 34.3 Å². The molecular weight excluding hydrogens is 377 g/mol. The van der Waals surface area contributed by atoms with Crippen molar-refractivity contribution in [2.24, 2.45) is 0 Å². The second-order valence-corrected chi connectivity index (χ2v) is 6.35. The Morgan fingerprint density at radius 1 is 1.26 bits per heavy atom. The van der Waals surface area contributed by atoms with Gasteiger partial charge in [0.15, 0.2) is 0 Å². The minimum Gasteiger partial charge on any atom is -0.353 e. The number of amides is 2. The lowest BCUT2D eigenvalue weighted by molar-refractivity contribution is -0.186. The van der Waals surface area contributed by atoms with Crippen LogP contribution in [-0.4, -0.2) is 42.0 Å². The molecule has 1 aliphatic rings. The lowest BCUT2D eigenvalue weighted by Crippen LogP contribution is -2.50. The molecule has 1 fully saturated rings. The smallest absolute Gasteiger partial charge is 0.353 e. The van der Waals surface area contributed by atoms with E-state index < -0.39 is 12.1 Å². The summed E-state index contributed by atoms with van der Waals surface area (Å²) in [6.45, 7) is 0.000347. The van der Waals surface area contributed by atoms with E-state index in [1.54, 1.807) is 0 Å². The Morgan fingerprint density at radius 3 is 2.48 bits per heavy atom. The van der Waals surface area contributed by atoms with Crippen LogP contribution >= 0.6 is 15.9 Å². The van der Waals surface area contributed by atoms with Crippen LogP contribution in [-0.2, 0) is 16.0 Å². The first-order valence-corrected chi connectivity index (χ1v) is 7.95. The third-order valence-electron chi connectivity index (χ3n) is 3.64. The molecular formula is C15H16BrF3N2O2. The molecule has 0 radical (unpaired) electrons. The second-order valence-electron chi connectivity index (χ2n) is 5.44. The Hall–Kier alpha value is -1.57. The largest absolute Gasteiger partial charge is 0.471 e. The molecule has 0 unspecified atom stereocenters. The van der Waals surface area contributed by atoms with Gasteiger partial charge in [0.1, 0.15) is 0 Å². The minimum atomic E-state index is -4.84. The van der Waals surface area contributed by atoms with Gasteiger partial charge in [-0.3, -0.25) is 9.59 Å². The number of hydrogen-bond acceptors (Lipinski definition) is 2. The summed E-state index contributed by atoms with van der Waals surface area (Å²) in [7, 11) is 0. The number of piperidine rings is 1. The molecule has 1 aromatic rings. The third kappa shape index (κ3) is 5.23. The highest BCUT2D eigenvalue weighted by Gasteiger charge is 2.43. The predicted octanol–water partition coefficient (Wildman–Crippen LogP) is 2.66. The van der Waals surface area contributed by atoms with Gasteiger partial charge in [-0.25, -0.2) is 0 Å². The van der Waals surface area contributed by atoms with Crippen LogP contribution in [0.1, 0.15) is 18.4 Å². The van der Waals surface area contributed by atoms with E-state index in [1.807, 2.05) is 24.3 Å². The van der Waals surface area contributed by atoms with E-state index in [4.69, 9.17) is 0 Å². The molecule has 1 saturated heterocycles.